The van der Waals surface area contributed by atoms with Crippen LogP contribution in [0.25, 0.3) is 0 Å². The van der Waals surface area contributed by atoms with Crippen molar-refractivity contribution in [1.29, 1.82) is 0 Å². The first-order chi connectivity index (χ1) is 12.5. The van der Waals surface area contributed by atoms with Crippen LogP contribution in [-0.2, 0) is 19.1 Å². The van der Waals surface area contributed by atoms with Crippen LogP contribution in [0.5, 0.6) is 0 Å². The Balaban J connectivity index is 1.54. The molecule has 0 bridgehead atoms. The first-order valence-corrected chi connectivity index (χ1v) is 9.08. The van der Waals surface area contributed by atoms with E-state index < -0.39 is 5.97 Å². The fraction of sp³-hybridized carbons (Fsp3) is 0.500. The van der Waals surface area contributed by atoms with E-state index in [1.54, 1.807) is 11.0 Å². The highest BCUT2D eigenvalue weighted by Gasteiger charge is 2.25. The predicted molar refractivity (Wildman–Crippen MR) is 95.3 cm³/mol. The number of nitrogens with one attached hydrogen (secondary N) is 1. The monoisotopic (exact) mass is 380 g/mol. The van der Waals surface area contributed by atoms with Crippen LogP contribution in [0.3, 0.4) is 0 Å². The zero-order valence-corrected chi connectivity index (χ0v) is 15.1. The number of rotatable bonds is 6. The second-order valence-electron chi connectivity index (χ2n) is 6.33. The number of nitrogens with zero attached hydrogens (tertiary/aromatic N) is 1. The van der Waals surface area contributed by atoms with Gasteiger partial charge in [0.15, 0.2) is 6.61 Å². The largest absolute Gasteiger partial charge is 0.452 e. The van der Waals surface area contributed by atoms with Crippen LogP contribution in [0, 0.1) is 0 Å². The third kappa shape index (κ3) is 4.53. The van der Waals surface area contributed by atoms with Crippen LogP contribution in [0.1, 0.15) is 36.0 Å². The SMILES string of the molecule is O=C(COC(=O)c1ccc(Cl)c(N2CCCC2=O)c1)NC[C@@H]1CCCO1. The molecule has 2 amide bonds. The number of carbonyl (C=O) groups is 3. The van der Waals surface area contributed by atoms with Crippen molar-refractivity contribution in [3.8, 4) is 0 Å². The molecule has 140 valence electrons. The van der Waals surface area contributed by atoms with Crippen molar-refractivity contribution in [3.63, 3.8) is 0 Å². The molecule has 7 nitrogen and oxygen atoms in total. The predicted octanol–water partition coefficient (Wildman–Crippen LogP) is 1.92. The topological polar surface area (TPSA) is 84.9 Å². The summed E-state index contributed by atoms with van der Waals surface area (Å²) in [6.07, 6.45) is 3.17. The van der Waals surface area contributed by atoms with Crippen molar-refractivity contribution in [2.24, 2.45) is 0 Å². The van der Waals surface area contributed by atoms with E-state index in [1.807, 2.05) is 0 Å². The summed E-state index contributed by atoms with van der Waals surface area (Å²) in [7, 11) is 0. The molecule has 1 aromatic rings. The van der Waals surface area contributed by atoms with E-state index in [4.69, 9.17) is 21.1 Å². The number of carbonyl (C=O) groups excluding carboxylic acids is 3. The van der Waals surface area contributed by atoms with E-state index in [1.165, 1.54) is 12.1 Å². The van der Waals surface area contributed by atoms with Crippen LogP contribution in [0.2, 0.25) is 5.02 Å². The van der Waals surface area contributed by atoms with Gasteiger partial charge in [0, 0.05) is 26.1 Å². The number of amides is 2. The zero-order valence-electron chi connectivity index (χ0n) is 14.3. The molecule has 0 aromatic heterocycles. The Morgan fingerprint density at radius 2 is 2.19 bits per heavy atom. The van der Waals surface area contributed by atoms with E-state index in [-0.39, 0.29) is 30.1 Å². The first-order valence-electron chi connectivity index (χ1n) is 8.70. The average molecular weight is 381 g/mol. The van der Waals surface area contributed by atoms with Gasteiger partial charge < -0.3 is 19.7 Å². The lowest BCUT2D eigenvalue weighted by atomic mass is 10.2. The molecule has 1 atom stereocenters. The Kier molecular flexibility index (Phi) is 6.11. The molecule has 0 spiro atoms. The number of hydrogen-bond acceptors (Lipinski definition) is 5. The van der Waals surface area contributed by atoms with Crippen molar-refractivity contribution in [2.75, 3.05) is 31.2 Å². The Morgan fingerprint density at radius 1 is 1.35 bits per heavy atom. The minimum Gasteiger partial charge on any atom is -0.452 e. The second kappa shape index (κ2) is 8.51. The maximum atomic E-state index is 12.2. The first kappa shape index (κ1) is 18.7. The standard InChI is InChI=1S/C18H21ClN2O5/c19-14-6-5-12(9-15(14)21-7-1-4-17(21)23)18(24)26-11-16(22)20-10-13-3-2-8-25-13/h5-6,9,13H,1-4,7-8,10-11H2,(H,20,22)/t13-/m0/s1. The molecule has 2 heterocycles. The van der Waals surface area contributed by atoms with E-state index in [9.17, 15) is 14.4 Å². The Hall–Kier alpha value is -2.12. The maximum Gasteiger partial charge on any atom is 0.338 e. The summed E-state index contributed by atoms with van der Waals surface area (Å²) in [4.78, 5) is 37.4. The molecule has 0 unspecified atom stereocenters. The average Bonchev–Trinajstić information content (AvgIpc) is 3.30. The van der Waals surface area contributed by atoms with Crippen LogP contribution < -0.4 is 10.2 Å². The molecular weight excluding hydrogens is 360 g/mol. The summed E-state index contributed by atoms with van der Waals surface area (Å²) in [5.41, 5.74) is 0.738. The lowest BCUT2D eigenvalue weighted by molar-refractivity contribution is -0.124. The summed E-state index contributed by atoms with van der Waals surface area (Å²) in [6, 6.07) is 4.59. The number of ether oxygens (including phenoxy) is 2. The summed E-state index contributed by atoms with van der Waals surface area (Å²) < 4.78 is 10.5. The maximum absolute atomic E-state index is 12.2. The Bertz CT molecular complexity index is 703. The van der Waals surface area contributed by atoms with Gasteiger partial charge in [0.1, 0.15) is 0 Å². The third-order valence-corrected chi connectivity index (χ3v) is 4.75. The van der Waals surface area contributed by atoms with Gasteiger partial charge in [-0.25, -0.2) is 4.79 Å². The summed E-state index contributed by atoms with van der Waals surface area (Å²) in [6.45, 7) is 1.33. The van der Waals surface area contributed by atoms with Crippen LogP contribution in [0.4, 0.5) is 5.69 Å². The summed E-state index contributed by atoms with van der Waals surface area (Å²) >= 11 is 6.16. The molecule has 0 aliphatic carbocycles. The summed E-state index contributed by atoms with van der Waals surface area (Å²) in [5.74, 6) is -1.04. The van der Waals surface area contributed by atoms with Gasteiger partial charge in [-0.2, -0.15) is 0 Å². The molecule has 0 radical (unpaired) electrons. The van der Waals surface area contributed by atoms with Gasteiger partial charge >= 0.3 is 5.97 Å². The molecular formula is C18H21ClN2O5. The third-order valence-electron chi connectivity index (χ3n) is 4.43. The fourth-order valence-electron chi connectivity index (χ4n) is 3.05. The van der Waals surface area contributed by atoms with Crippen molar-refractivity contribution >= 4 is 35.1 Å². The van der Waals surface area contributed by atoms with Crippen molar-refractivity contribution in [3.05, 3.63) is 28.8 Å². The number of anilines is 1. The number of halogens is 1. The fourth-order valence-corrected chi connectivity index (χ4v) is 3.27. The van der Waals surface area contributed by atoms with Gasteiger partial charge in [0.05, 0.1) is 22.4 Å². The van der Waals surface area contributed by atoms with Crippen LogP contribution in [-0.4, -0.2) is 50.2 Å². The molecule has 1 aromatic carbocycles. The van der Waals surface area contributed by atoms with Crippen molar-refractivity contribution in [2.45, 2.75) is 31.8 Å². The molecule has 2 fully saturated rings. The highest BCUT2D eigenvalue weighted by Crippen LogP contribution is 2.30. The highest BCUT2D eigenvalue weighted by molar-refractivity contribution is 6.34. The van der Waals surface area contributed by atoms with Gasteiger partial charge in [-0.05, 0) is 37.5 Å². The van der Waals surface area contributed by atoms with E-state index >= 15 is 0 Å². The van der Waals surface area contributed by atoms with Gasteiger partial charge in [-0.1, -0.05) is 11.6 Å². The molecule has 8 heteroatoms. The molecule has 2 aliphatic heterocycles. The highest BCUT2D eigenvalue weighted by atomic mass is 35.5. The van der Waals surface area contributed by atoms with E-state index in [0.717, 1.165) is 19.3 Å². The smallest absolute Gasteiger partial charge is 0.338 e. The second-order valence-corrected chi connectivity index (χ2v) is 6.74. The van der Waals surface area contributed by atoms with Gasteiger partial charge in [-0.15, -0.1) is 0 Å². The van der Waals surface area contributed by atoms with E-state index in [0.29, 0.717) is 36.8 Å². The molecule has 1 N–H and O–H groups in total. The molecule has 2 aliphatic rings. The normalized spacial score (nSPS) is 19.7. The molecule has 3 rings (SSSR count). The number of benzene rings is 1. The Labute approximate surface area is 156 Å². The lowest BCUT2D eigenvalue weighted by Crippen LogP contribution is -2.34. The molecule has 2 saturated heterocycles. The van der Waals surface area contributed by atoms with Crippen LogP contribution >= 0.6 is 11.6 Å². The quantitative estimate of drug-likeness (QED) is 0.762. The number of esters is 1. The minimum absolute atomic E-state index is 0.0223. The van der Waals surface area contributed by atoms with E-state index in [2.05, 4.69) is 5.32 Å². The van der Waals surface area contributed by atoms with Crippen molar-refractivity contribution < 1.29 is 23.9 Å². The molecule has 0 saturated carbocycles. The van der Waals surface area contributed by atoms with Gasteiger partial charge in [0.2, 0.25) is 5.91 Å². The zero-order chi connectivity index (χ0) is 18.5. The van der Waals surface area contributed by atoms with Gasteiger partial charge in [0.25, 0.3) is 5.91 Å². The van der Waals surface area contributed by atoms with Crippen LogP contribution in [0.15, 0.2) is 18.2 Å². The summed E-state index contributed by atoms with van der Waals surface area (Å²) in [5, 5.41) is 3.08. The molecule has 26 heavy (non-hydrogen) atoms. The van der Waals surface area contributed by atoms with Crippen molar-refractivity contribution in [1.82, 2.24) is 5.32 Å². The minimum atomic E-state index is -0.637. The van der Waals surface area contributed by atoms with Gasteiger partial charge in [-0.3, -0.25) is 9.59 Å². The lowest BCUT2D eigenvalue weighted by Gasteiger charge is -2.18. The number of hydrogen-bond donors (Lipinski definition) is 1. The Morgan fingerprint density at radius 3 is 2.88 bits per heavy atom.